The van der Waals surface area contributed by atoms with Gasteiger partial charge in [-0.25, -0.2) is 5.06 Å². The number of nitrogens with one attached hydrogen (secondary N) is 2. The van der Waals surface area contributed by atoms with Crippen molar-refractivity contribution >= 4 is 30.3 Å². The molecule has 0 unspecified atom stereocenters. The number of carbonyl (C=O) groups excluding carboxylic acids is 1. The average Bonchev–Trinajstić information content (AvgIpc) is 2.68. The van der Waals surface area contributed by atoms with Crippen LogP contribution in [0.3, 0.4) is 0 Å². The van der Waals surface area contributed by atoms with Gasteiger partial charge in [-0.05, 0) is 42.6 Å². The van der Waals surface area contributed by atoms with Crippen molar-refractivity contribution in [1.82, 2.24) is 19.8 Å². The fraction of sp³-hybridized carbons (Fsp3) is 0.100. The van der Waals surface area contributed by atoms with E-state index in [0.717, 1.165) is 0 Å². The summed E-state index contributed by atoms with van der Waals surface area (Å²) in [5.41, 5.74) is 0.991. The molecule has 94 valence electrons. The number of aromatic nitrogens is 3. The van der Waals surface area contributed by atoms with Gasteiger partial charge in [-0.15, -0.1) is 0 Å². The van der Waals surface area contributed by atoms with Gasteiger partial charge in [0, 0.05) is 12.6 Å². The van der Waals surface area contributed by atoms with Crippen LogP contribution in [-0.2, 0) is 0 Å². The summed E-state index contributed by atoms with van der Waals surface area (Å²) in [6.07, 6.45) is 0. The Labute approximate surface area is 112 Å². The first-order chi connectivity index (χ1) is 8.50. The van der Waals surface area contributed by atoms with Crippen LogP contribution in [0, 0.1) is 9.54 Å². The first kappa shape index (κ1) is 12.7. The number of nitrogens with zero attached hydrogens (tertiary/aromatic N) is 2. The number of H-pyrrole nitrogens is 2. The number of hydrogen-bond acceptors (Lipinski definition) is 4. The molecule has 2 aromatic rings. The van der Waals surface area contributed by atoms with Gasteiger partial charge in [0.1, 0.15) is 0 Å². The first-order valence-electron chi connectivity index (χ1n) is 4.98. The van der Waals surface area contributed by atoms with Crippen molar-refractivity contribution in [2.24, 2.45) is 0 Å². The van der Waals surface area contributed by atoms with Crippen LogP contribution in [0.15, 0.2) is 24.3 Å². The van der Waals surface area contributed by atoms with Crippen LogP contribution in [0.25, 0.3) is 5.69 Å². The molecule has 0 atom stereocenters. The Bertz CT molecular complexity index is 671. The first-order valence-corrected chi connectivity index (χ1v) is 5.79. The molecule has 0 aliphatic rings. The zero-order valence-corrected chi connectivity index (χ0v) is 11.0. The topological polar surface area (TPSA) is 77.0 Å². The van der Waals surface area contributed by atoms with E-state index in [0.29, 0.717) is 25.9 Å². The Morgan fingerprint density at radius 3 is 2.50 bits per heavy atom. The van der Waals surface area contributed by atoms with E-state index in [1.54, 1.807) is 28.8 Å². The molecular formula is C10H10N4O2S2. The molecular weight excluding hydrogens is 272 g/mol. The monoisotopic (exact) mass is 282 g/mol. The Hall–Kier alpha value is -1.77. The number of aromatic amines is 2. The lowest BCUT2D eigenvalue weighted by molar-refractivity contribution is -0.0374. The molecule has 1 aromatic carbocycles. The van der Waals surface area contributed by atoms with E-state index in [-0.39, 0.29) is 0 Å². The van der Waals surface area contributed by atoms with Gasteiger partial charge in [0.25, 0.3) is 5.91 Å². The Kier molecular flexibility index (Phi) is 3.41. The highest BCUT2D eigenvalue weighted by atomic mass is 32.1. The molecule has 0 saturated carbocycles. The molecule has 0 aliphatic heterocycles. The zero-order valence-electron chi connectivity index (χ0n) is 9.38. The van der Waals surface area contributed by atoms with Crippen LogP contribution < -0.4 is 0 Å². The number of hydroxylamine groups is 2. The van der Waals surface area contributed by atoms with E-state index < -0.39 is 5.91 Å². The van der Waals surface area contributed by atoms with Gasteiger partial charge in [0.2, 0.25) is 0 Å². The molecule has 0 bridgehead atoms. The van der Waals surface area contributed by atoms with Crippen molar-refractivity contribution in [3.05, 3.63) is 39.4 Å². The maximum Gasteiger partial charge on any atom is 0.277 e. The van der Waals surface area contributed by atoms with Crippen LogP contribution in [0.1, 0.15) is 10.4 Å². The molecule has 0 fully saturated rings. The Morgan fingerprint density at radius 2 is 1.94 bits per heavy atom. The number of rotatable bonds is 2. The van der Waals surface area contributed by atoms with Gasteiger partial charge in [0.05, 0.1) is 5.69 Å². The fourth-order valence-electron chi connectivity index (χ4n) is 1.51. The third-order valence-corrected chi connectivity index (χ3v) is 2.90. The average molecular weight is 282 g/mol. The van der Waals surface area contributed by atoms with E-state index >= 15 is 0 Å². The van der Waals surface area contributed by atoms with Crippen LogP contribution in [0.4, 0.5) is 0 Å². The molecule has 0 saturated heterocycles. The second-order valence-corrected chi connectivity index (χ2v) is 4.35. The van der Waals surface area contributed by atoms with Gasteiger partial charge in [-0.2, -0.15) is 0 Å². The van der Waals surface area contributed by atoms with Crippen molar-refractivity contribution in [3.63, 3.8) is 0 Å². The summed E-state index contributed by atoms with van der Waals surface area (Å²) in [6, 6.07) is 6.65. The van der Waals surface area contributed by atoms with Gasteiger partial charge < -0.3 is 0 Å². The molecule has 3 N–H and O–H groups in total. The van der Waals surface area contributed by atoms with Crippen LogP contribution in [0.2, 0.25) is 0 Å². The van der Waals surface area contributed by atoms with Crippen molar-refractivity contribution in [1.29, 1.82) is 0 Å². The highest BCUT2D eigenvalue weighted by Gasteiger charge is 2.11. The summed E-state index contributed by atoms with van der Waals surface area (Å²) in [5, 5.41) is 15.1. The highest BCUT2D eigenvalue weighted by molar-refractivity contribution is 7.72. The maximum absolute atomic E-state index is 11.6. The summed E-state index contributed by atoms with van der Waals surface area (Å²) < 4.78 is 2.39. The summed E-state index contributed by atoms with van der Waals surface area (Å²) in [6.45, 7) is 0. The number of hydrogen-bond donors (Lipinski definition) is 3. The summed E-state index contributed by atoms with van der Waals surface area (Å²) in [7, 11) is 1.27. The lowest BCUT2D eigenvalue weighted by atomic mass is 10.2. The molecule has 0 radical (unpaired) electrons. The molecule has 1 aromatic heterocycles. The van der Waals surface area contributed by atoms with Gasteiger partial charge in [0.15, 0.2) is 9.54 Å². The second kappa shape index (κ2) is 4.84. The largest absolute Gasteiger partial charge is 0.286 e. The summed E-state index contributed by atoms with van der Waals surface area (Å²) in [5.74, 6) is -0.506. The Morgan fingerprint density at radius 1 is 1.33 bits per heavy atom. The summed E-state index contributed by atoms with van der Waals surface area (Å²) in [4.78, 5) is 11.6. The molecule has 0 spiro atoms. The molecule has 0 aliphatic carbocycles. The minimum absolute atomic E-state index is 0.343. The van der Waals surface area contributed by atoms with Gasteiger partial charge in [-0.3, -0.25) is 24.8 Å². The maximum atomic E-state index is 11.6. The normalized spacial score (nSPS) is 10.3. The molecule has 1 amide bonds. The standard InChI is InChI=1S/C10H10N4O2S2/c1-13(16)8(15)6-3-2-4-7(5-6)14-9(17)11-12-10(14)18/h2-5,16H,1H3,(H,11,17)(H,12,18). The predicted octanol–water partition coefficient (Wildman–Crippen LogP) is 2.05. The van der Waals surface area contributed by atoms with E-state index in [2.05, 4.69) is 10.2 Å². The van der Waals surface area contributed by atoms with E-state index in [9.17, 15) is 4.79 Å². The SMILES string of the molecule is CN(O)C(=O)c1cccc(-n2c(=S)[nH][nH]c2=S)c1. The predicted molar refractivity (Wildman–Crippen MR) is 70.0 cm³/mol. The molecule has 6 nitrogen and oxygen atoms in total. The van der Waals surface area contributed by atoms with E-state index in [1.807, 2.05) is 0 Å². The fourth-order valence-corrected chi connectivity index (χ4v) is 2.06. The Balaban J connectivity index is 2.55. The second-order valence-electron chi connectivity index (χ2n) is 3.57. The lowest BCUT2D eigenvalue weighted by Gasteiger charge is -2.09. The van der Waals surface area contributed by atoms with Crippen molar-refractivity contribution < 1.29 is 10.0 Å². The number of carbonyl (C=O) groups is 1. The van der Waals surface area contributed by atoms with Crippen molar-refractivity contribution in [3.8, 4) is 5.69 Å². The third-order valence-electron chi connectivity index (χ3n) is 2.33. The molecule has 2 rings (SSSR count). The number of benzene rings is 1. The van der Waals surface area contributed by atoms with Crippen LogP contribution in [-0.4, -0.2) is 38.0 Å². The lowest BCUT2D eigenvalue weighted by Crippen LogP contribution is -2.22. The minimum atomic E-state index is -0.506. The zero-order chi connectivity index (χ0) is 13.3. The molecule has 18 heavy (non-hydrogen) atoms. The van der Waals surface area contributed by atoms with Crippen LogP contribution in [0.5, 0.6) is 0 Å². The van der Waals surface area contributed by atoms with Crippen LogP contribution >= 0.6 is 24.4 Å². The quantitative estimate of drug-likeness (QED) is 0.447. The number of amides is 1. The van der Waals surface area contributed by atoms with E-state index in [1.165, 1.54) is 7.05 Å². The van der Waals surface area contributed by atoms with E-state index in [4.69, 9.17) is 29.6 Å². The third kappa shape index (κ3) is 2.26. The minimum Gasteiger partial charge on any atom is -0.286 e. The highest BCUT2D eigenvalue weighted by Crippen LogP contribution is 2.12. The van der Waals surface area contributed by atoms with Crippen molar-refractivity contribution in [2.45, 2.75) is 0 Å². The smallest absolute Gasteiger partial charge is 0.277 e. The van der Waals surface area contributed by atoms with Crippen molar-refractivity contribution in [2.75, 3.05) is 7.05 Å². The van der Waals surface area contributed by atoms with Gasteiger partial charge in [-0.1, -0.05) is 6.07 Å². The summed E-state index contributed by atoms with van der Waals surface area (Å²) >= 11 is 10.2. The molecule has 8 heteroatoms. The molecule has 1 heterocycles. The van der Waals surface area contributed by atoms with Gasteiger partial charge >= 0.3 is 0 Å².